The Labute approximate surface area is 169 Å². The molecule has 0 fully saturated rings. The number of hydrogen-bond acceptors (Lipinski definition) is 5. The number of nitro benzene ring substituents is 1. The third kappa shape index (κ3) is 3.33. The molecule has 0 saturated carbocycles. The molecule has 3 aromatic rings. The van der Waals surface area contributed by atoms with E-state index in [4.69, 9.17) is 9.47 Å². The monoisotopic (exact) mass is 393 g/mol. The Morgan fingerprint density at radius 3 is 2.55 bits per heavy atom. The Kier molecular flexibility index (Phi) is 4.53. The van der Waals surface area contributed by atoms with Gasteiger partial charge in [-0.3, -0.25) is 10.1 Å². The summed E-state index contributed by atoms with van der Waals surface area (Å²) in [7, 11) is 0. The van der Waals surface area contributed by atoms with Crippen LogP contribution >= 0.6 is 0 Å². The highest BCUT2D eigenvalue weighted by atomic mass is 16.6. The molecule has 0 radical (unpaired) electrons. The van der Waals surface area contributed by atoms with Crippen LogP contribution in [0.5, 0.6) is 11.5 Å². The SMILES string of the molecule is Cc1c(C)c([N+](=O)[O-])c(C)c2c1OC(C)(COc1ccc(-n3ccnc3)cc1)C2. The topological polar surface area (TPSA) is 79.4 Å². The summed E-state index contributed by atoms with van der Waals surface area (Å²) >= 11 is 0. The van der Waals surface area contributed by atoms with Crippen molar-refractivity contribution in [1.82, 2.24) is 9.55 Å². The van der Waals surface area contributed by atoms with Crippen LogP contribution in [0.25, 0.3) is 5.69 Å². The van der Waals surface area contributed by atoms with Crippen molar-refractivity contribution in [2.45, 2.75) is 39.7 Å². The highest BCUT2D eigenvalue weighted by Crippen LogP contribution is 2.45. The molecule has 7 heteroatoms. The van der Waals surface area contributed by atoms with Crippen LogP contribution in [0.2, 0.25) is 0 Å². The molecule has 7 nitrogen and oxygen atoms in total. The van der Waals surface area contributed by atoms with Crippen LogP contribution in [0.4, 0.5) is 5.69 Å². The second-order valence-corrected chi connectivity index (χ2v) is 7.77. The maximum Gasteiger partial charge on any atom is 0.275 e. The van der Waals surface area contributed by atoms with E-state index in [-0.39, 0.29) is 10.6 Å². The van der Waals surface area contributed by atoms with E-state index in [9.17, 15) is 10.1 Å². The van der Waals surface area contributed by atoms with Crippen LogP contribution in [0, 0.1) is 30.9 Å². The third-order valence-electron chi connectivity index (χ3n) is 5.61. The fraction of sp³-hybridized carbons (Fsp3) is 0.318. The number of rotatable bonds is 5. The van der Waals surface area contributed by atoms with Crippen molar-refractivity contribution in [3.63, 3.8) is 0 Å². The van der Waals surface area contributed by atoms with Gasteiger partial charge in [0.2, 0.25) is 0 Å². The molecule has 0 amide bonds. The van der Waals surface area contributed by atoms with E-state index in [1.807, 2.05) is 48.9 Å². The molecule has 0 bridgehead atoms. The molecule has 0 saturated heterocycles. The molecular formula is C22H23N3O4. The number of fused-ring (bicyclic) bond motifs is 1. The normalized spacial score (nSPS) is 17.7. The lowest BCUT2D eigenvalue weighted by Crippen LogP contribution is -2.37. The predicted octanol–water partition coefficient (Wildman–Crippen LogP) is 4.48. The first-order chi connectivity index (χ1) is 13.8. The summed E-state index contributed by atoms with van der Waals surface area (Å²) in [5, 5.41) is 11.5. The fourth-order valence-electron chi connectivity index (χ4n) is 3.89. The number of ether oxygens (including phenoxy) is 2. The quantitative estimate of drug-likeness (QED) is 0.472. The lowest BCUT2D eigenvalue weighted by molar-refractivity contribution is -0.386. The lowest BCUT2D eigenvalue weighted by atomic mass is 9.92. The number of aromatic nitrogens is 2. The predicted molar refractivity (Wildman–Crippen MR) is 109 cm³/mol. The average Bonchev–Trinajstić information content (AvgIpc) is 3.34. The molecule has 2 heterocycles. The maximum atomic E-state index is 11.5. The van der Waals surface area contributed by atoms with Crippen LogP contribution < -0.4 is 9.47 Å². The number of nitro groups is 1. The van der Waals surface area contributed by atoms with Gasteiger partial charge in [-0.25, -0.2) is 4.98 Å². The van der Waals surface area contributed by atoms with Crippen LogP contribution in [-0.2, 0) is 6.42 Å². The van der Waals surface area contributed by atoms with Crippen molar-refractivity contribution < 1.29 is 14.4 Å². The van der Waals surface area contributed by atoms with Gasteiger partial charge in [0.15, 0.2) is 0 Å². The smallest absolute Gasteiger partial charge is 0.275 e. The second-order valence-electron chi connectivity index (χ2n) is 7.77. The van der Waals surface area contributed by atoms with Gasteiger partial charge in [0.1, 0.15) is 23.7 Å². The zero-order chi connectivity index (χ0) is 20.8. The van der Waals surface area contributed by atoms with Crippen LogP contribution in [-0.4, -0.2) is 26.7 Å². The molecule has 1 aliphatic heterocycles. The molecule has 1 unspecified atom stereocenters. The molecule has 150 valence electrons. The zero-order valence-corrected chi connectivity index (χ0v) is 16.9. The molecule has 2 aromatic carbocycles. The summed E-state index contributed by atoms with van der Waals surface area (Å²) in [6.07, 6.45) is 5.93. The lowest BCUT2D eigenvalue weighted by Gasteiger charge is -2.24. The van der Waals surface area contributed by atoms with E-state index in [2.05, 4.69) is 4.98 Å². The number of hydrogen-bond donors (Lipinski definition) is 0. The largest absolute Gasteiger partial charge is 0.489 e. The molecule has 29 heavy (non-hydrogen) atoms. The summed E-state index contributed by atoms with van der Waals surface area (Å²) in [6, 6.07) is 7.74. The van der Waals surface area contributed by atoms with Crippen LogP contribution in [0.3, 0.4) is 0 Å². The minimum absolute atomic E-state index is 0.185. The Hall–Kier alpha value is -3.35. The van der Waals surface area contributed by atoms with Gasteiger partial charge in [-0.15, -0.1) is 0 Å². The van der Waals surface area contributed by atoms with Crippen molar-refractivity contribution >= 4 is 5.69 Å². The van der Waals surface area contributed by atoms with E-state index in [0.717, 1.165) is 28.3 Å². The first kappa shape index (κ1) is 19.0. The minimum Gasteiger partial charge on any atom is -0.489 e. The second kappa shape index (κ2) is 6.92. The number of benzene rings is 2. The number of imidazole rings is 1. The maximum absolute atomic E-state index is 11.5. The van der Waals surface area contributed by atoms with E-state index >= 15 is 0 Å². The summed E-state index contributed by atoms with van der Waals surface area (Å²) in [4.78, 5) is 15.3. The van der Waals surface area contributed by atoms with Gasteiger partial charge < -0.3 is 14.0 Å². The van der Waals surface area contributed by atoms with Crippen LogP contribution in [0.15, 0.2) is 43.0 Å². The fourth-order valence-corrected chi connectivity index (χ4v) is 3.89. The molecule has 1 atom stereocenters. The first-order valence-electron chi connectivity index (χ1n) is 9.46. The van der Waals surface area contributed by atoms with Crippen molar-refractivity contribution in [3.05, 3.63) is 75.4 Å². The van der Waals surface area contributed by atoms with E-state index < -0.39 is 5.60 Å². The number of nitrogens with zero attached hydrogens (tertiary/aromatic N) is 3. The molecule has 0 N–H and O–H groups in total. The summed E-state index contributed by atoms with van der Waals surface area (Å²) < 4.78 is 14.2. The highest BCUT2D eigenvalue weighted by molar-refractivity contribution is 5.63. The van der Waals surface area contributed by atoms with Crippen LogP contribution in [0.1, 0.15) is 29.2 Å². The molecule has 1 aromatic heterocycles. The van der Waals surface area contributed by atoms with Gasteiger partial charge >= 0.3 is 0 Å². The van der Waals surface area contributed by atoms with Gasteiger partial charge in [-0.05, 0) is 52.0 Å². The minimum atomic E-state index is -0.581. The van der Waals surface area contributed by atoms with Gasteiger partial charge in [-0.1, -0.05) is 0 Å². The molecule has 4 rings (SSSR count). The van der Waals surface area contributed by atoms with Crippen molar-refractivity contribution in [2.24, 2.45) is 0 Å². The zero-order valence-electron chi connectivity index (χ0n) is 16.9. The summed E-state index contributed by atoms with van der Waals surface area (Å²) in [6.45, 7) is 7.78. The molecular weight excluding hydrogens is 370 g/mol. The third-order valence-corrected chi connectivity index (χ3v) is 5.61. The van der Waals surface area contributed by atoms with E-state index in [0.29, 0.717) is 24.2 Å². The van der Waals surface area contributed by atoms with Crippen molar-refractivity contribution in [1.29, 1.82) is 0 Å². The molecule has 1 aliphatic rings. The van der Waals surface area contributed by atoms with Gasteiger partial charge in [0, 0.05) is 46.8 Å². The van der Waals surface area contributed by atoms with Gasteiger partial charge in [0.05, 0.1) is 11.3 Å². The molecule has 0 spiro atoms. The first-order valence-corrected chi connectivity index (χ1v) is 9.46. The highest BCUT2D eigenvalue weighted by Gasteiger charge is 2.40. The van der Waals surface area contributed by atoms with Gasteiger partial charge in [-0.2, -0.15) is 0 Å². The Morgan fingerprint density at radius 1 is 1.21 bits per heavy atom. The van der Waals surface area contributed by atoms with Crippen molar-refractivity contribution in [3.8, 4) is 17.2 Å². The summed E-state index contributed by atoms with van der Waals surface area (Å²) in [5.74, 6) is 1.50. The Balaban J connectivity index is 1.52. The van der Waals surface area contributed by atoms with Crippen molar-refractivity contribution in [2.75, 3.05) is 6.61 Å². The average molecular weight is 393 g/mol. The molecule has 0 aliphatic carbocycles. The van der Waals surface area contributed by atoms with Gasteiger partial charge in [0.25, 0.3) is 5.69 Å². The standard InChI is InChI=1S/C22H23N3O4/c1-14-15(2)21-19(16(3)20(14)25(26)27)11-22(4,29-21)12-28-18-7-5-17(6-8-18)24-10-9-23-13-24/h5-10,13H,11-12H2,1-4H3. The Bertz CT molecular complexity index is 1070. The summed E-state index contributed by atoms with van der Waals surface area (Å²) in [5.41, 5.74) is 3.67. The Morgan fingerprint density at radius 2 is 1.93 bits per heavy atom. The van der Waals surface area contributed by atoms with E-state index in [1.54, 1.807) is 26.4 Å². The van der Waals surface area contributed by atoms with E-state index in [1.165, 1.54) is 0 Å².